The Morgan fingerprint density at radius 3 is 2.79 bits per heavy atom. The molecule has 0 aliphatic carbocycles. The number of benzene rings is 1. The van der Waals surface area contributed by atoms with Gasteiger partial charge >= 0.3 is 0 Å². The second-order valence-corrected chi connectivity index (χ2v) is 5.97. The van der Waals surface area contributed by atoms with Crippen LogP contribution in [0.3, 0.4) is 0 Å². The molecule has 1 aromatic carbocycles. The Hall–Kier alpha value is -0.910. The molecule has 1 fully saturated rings. The summed E-state index contributed by atoms with van der Waals surface area (Å²) in [5.41, 5.74) is 6.63. The lowest BCUT2D eigenvalue weighted by Crippen LogP contribution is -2.42. The first-order valence-electron chi connectivity index (χ1n) is 6.23. The van der Waals surface area contributed by atoms with Gasteiger partial charge in [0.15, 0.2) is 5.96 Å². The van der Waals surface area contributed by atoms with Crippen LogP contribution in [0.1, 0.15) is 11.7 Å². The molecule has 1 heterocycles. The molecule has 0 radical (unpaired) electrons. The molecular weight excluding hydrogens is 282 g/mol. The van der Waals surface area contributed by atoms with Gasteiger partial charge in [-0.3, -0.25) is 4.99 Å². The Morgan fingerprint density at radius 1 is 1.42 bits per heavy atom. The standard InChI is InChI=1S/C13H18ClN3OS/c14-11-4-2-1-3-10(11)12(18)9-16-13(15)17-5-7-19-8-6-17/h1-4,12,18H,5-9H2,(H2,15,16). The largest absolute Gasteiger partial charge is 0.386 e. The summed E-state index contributed by atoms with van der Waals surface area (Å²) in [5.74, 6) is 2.65. The molecule has 4 nitrogen and oxygen atoms in total. The zero-order chi connectivity index (χ0) is 13.7. The lowest BCUT2D eigenvalue weighted by atomic mass is 10.1. The molecule has 1 atom stereocenters. The molecule has 1 aromatic rings. The minimum absolute atomic E-state index is 0.235. The van der Waals surface area contributed by atoms with Crippen molar-refractivity contribution in [2.24, 2.45) is 10.7 Å². The molecule has 104 valence electrons. The van der Waals surface area contributed by atoms with Crippen LogP contribution in [0.15, 0.2) is 29.3 Å². The van der Waals surface area contributed by atoms with Crippen LogP contribution >= 0.6 is 23.4 Å². The molecule has 0 spiro atoms. The van der Waals surface area contributed by atoms with Crippen LogP contribution in [0.4, 0.5) is 0 Å². The number of rotatable bonds is 3. The highest BCUT2D eigenvalue weighted by Crippen LogP contribution is 2.22. The topological polar surface area (TPSA) is 61.9 Å². The van der Waals surface area contributed by atoms with Crippen LogP contribution in [0.2, 0.25) is 5.02 Å². The van der Waals surface area contributed by atoms with Gasteiger partial charge in [-0.25, -0.2) is 0 Å². The van der Waals surface area contributed by atoms with Crippen LogP contribution in [0.25, 0.3) is 0 Å². The molecule has 19 heavy (non-hydrogen) atoms. The molecule has 1 aliphatic heterocycles. The zero-order valence-electron chi connectivity index (χ0n) is 10.6. The van der Waals surface area contributed by atoms with Crippen molar-refractivity contribution >= 4 is 29.3 Å². The molecule has 1 unspecified atom stereocenters. The first-order chi connectivity index (χ1) is 9.18. The maximum Gasteiger partial charge on any atom is 0.191 e. The van der Waals surface area contributed by atoms with Crippen molar-refractivity contribution in [3.05, 3.63) is 34.9 Å². The average molecular weight is 300 g/mol. The molecule has 1 aliphatic rings. The lowest BCUT2D eigenvalue weighted by Gasteiger charge is -2.27. The highest BCUT2D eigenvalue weighted by Gasteiger charge is 2.14. The summed E-state index contributed by atoms with van der Waals surface area (Å²) in [6, 6.07) is 7.24. The van der Waals surface area contributed by atoms with Gasteiger partial charge in [-0.1, -0.05) is 29.8 Å². The van der Waals surface area contributed by atoms with E-state index in [4.69, 9.17) is 17.3 Å². The normalized spacial score (nSPS) is 18.4. The molecule has 0 aromatic heterocycles. The van der Waals surface area contributed by atoms with Gasteiger partial charge in [0, 0.05) is 35.2 Å². The first kappa shape index (κ1) is 14.5. The van der Waals surface area contributed by atoms with Crippen LogP contribution in [-0.4, -0.2) is 47.1 Å². The summed E-state index contributed by atoms with van der Waals surface area (Å²) in [4.78, 5) is 6.32. The van der Waals surface area contributed by atoms with E-state index in [1.54, 1.807) is 12.1 Å². The number of nitrogens with zero attached hydrogens (tertiary/aromatic N) is 2. The fourth-order valence-corrected chi connectivity index (χ4v) is 3.08. The Kier molecular flexibility index (Phi) is 5.36. The number of guanidine groups is 1. The minimum atomic E-state index is -0.716. The zero-order valence-corrected chi connectivity index (χ0v) is 12.2. The Morgan fingerprint density at radius 2 is 2.11 bits per heavy atom. The number of halogens is 1. The lowest BCUT2D eigenvalue weighted by molar-refractivity contribution is 0.187. The fourth-order valence-electron chi connectivity index (χ4n) is 1.92. The molecule has 0 amide bonds. The van der Waals surface area contributed by atoms with E-state index < -0.39 is 6.10 Å². The van der Waals surface area contributed by atoms with Crippen molar-refractivity contribution in [1.82, 2.24) is 4.90 Å². The van der Waals surface area contributed by atoms with E-state index >= 15 is 0 Å². The summed E-state index contributed by atoms with van der Waals surface area (Å²) in [6.07, 6.45) is -0.716. The van der Waals surface area contributed by atoms with E-state index in [9.17, 15) is 5.11 Å². The summed E-state index contributed by atoms with van der Waals surface area (Å²) in [6.45, 7) is 2.07. The minimum Gasteiger partial charge on any atom is -0.386 e. The maximum atomic E-state index is 10.1. The smallest absolute Gasteiger partial charge is 0.191 e. The van der Waals surface area contributed by atoms with Gasteiger partial charge in [0.25, 0.3) is 0 Å². The second kappa shape index (κ2) is 7.03. The van der Waals surface area contributed by atoms with Crippen molar-refractivity contribution in [3.8, 4) is 0 Å². The van der Waals surface area contributed by atoms with E-state index in [0.717, 1.165) is 24.6 Å². The SMILES string of the molecule is NC(=NCC(O)c1ccccc1Cl)N1CCSCC1. The molecule has 3 N–H and O–H groups in total. The van der Waals surface area contributed by atoms with Gasteiger partial charge < -0.3 is 15.7 Å². The van der Waals surface area contributed by atoms with Gasteiger partial charge in [-0.15, -0.1) is 0 Å². The van der Waals surface area contributed by atoms with Gasteiger partial charge in [-0.05, 0) is 6.07 Å². The molecule has 0 saturated carbocycles. The number of aliphatic hydroxyl groups is 1. The quantitative estimate of drug-likeness (QED) is 0.659. The number of hydrogen-bond donors (Lipinski definition) is 2. The summed E-state index contributed by atoms with van der Waals surface area (Å²) in [7, 11) is 0. The summed E-state index contributed by atoms with van der Waals surface area (Å²) >= 11 is 7.95. The Bertz CT molecular complexity index is 449. The number of nitrogens with two attached hydrogens (primary N) is 1. The van der Waals surface area contributed by atoms with E-state index in [0.29, 0.717) is 16.5 Å². The highest BCUT2D eigenvalue weighted by molar-refractivity contribution is 7.99. The number of aliphatic imine (C=N–C) groups is 1. The third-order valence-electron chi connectivity index (χ3n) is 3.03. The summed E-state index contributed by atoms with van der Waals surface area (Å²) in [5, 5.41) is 10.6. The van der Waals surface area contributed by atoms with Gasteiger partial charge in [0.1, 0.15) is 6.10 Å². The average Bonchev–Trinajstić information content (AvgIpc) is 2.46. The van der Waals surface area contributed by atoms with Gasteiger partial charge in [-0.2, -0.15) is 11.8 Å². The summed E-state index contributed by atoms with van der Waals surface area (Å²) < 4.78 is 0. The van der Waals surface area contributed by atoms with Crippen LogP contribution in [-0.2, 0) is 0 Å². The van der Waals surface area contributed by atoms with E-state index in [1.807, 2.05) is 23.9 Å². The van der Waals surface area contributed by atoms with Crippen molar-refractivity contribution in [1.29, 1.82) is 0 Å². The predicted octanol–water partition coefficient (Wildman–Crippen LogP) is 1.74. The molecule has 2 rings (SSSR count). The van der Waals surface area contributed by atoms with Crippen LogP contribution in [0, 0.1) is 0 Å². The van der Waals surface area contributed by atoms with Crippen molar-refractivity contribution in [3.63, 3.8) is 0 Å². The Labute approximate surface area is 122 Å². The fraction of sp³-hybridized carbons (Fsp3) is 0.462. The first-order valence-corrected chi connectivity index (χ1v) is 7.77. The third kappa shape index (κ3) is 4.03. The number of thioether (sulfide) groups is 1. The van der Waals surface area contributed by atoms with Crippen molar-refractivity contribution in [2.45, 2.75) is 6.10 Å². The van der Waals surface area contributed by atoms with Crippen LogP contribution < -0.4 is 5.73 Å². The maximum absolute atomic E-state index is 10.1. The second-order valence-electron chi connectivity index (χ2n) is 4.34. The molecule has 1 saturated heterocycles. The third-order valence-corrected chi connectivity index (χ3v) is 4.31. The van der Waals surface area contributed by atoms with E-state index in [-0.39, 0.29) is 6.54 Å². The highest BCUT2D eigenvalue weighted by atomic mass is 35.5. The molecule has 6 heteroatoms. The molecule has 0 bridgehead atoms. The van der Waals surface area contributed by atoms with E-state index in [2.05, 4.69) is 9.89 Å². The number of aliphatic hydroxyl groups excluding tert-OH is 1. The number of hydrogen-bond acceptors (Lipinski definition) is 3. The van der Waals surface area contributed by atoms with E-state index in [1.165, 1.54) is 0 Å². The Balaban J connectivity index is 1.95. The van der Waals surface area contributed by atoms with Crippen molar-refractivity contribution < 1.29 is 5.11 Å². The van der Waals surface area contributed by atoms with Crippen LogP contribution in [0.5, 0.6) is 0 Å². The monoisotopic (exact) mass is 299 g/mol. The van der Waals surface area contributed by atoms with Gasteiger partial charge in [0.05, 0.1) is 6.54 Å². The predicted molar refractivity (Wildman–Crippen MR) is 81.8 cm³/mol. The van der Waals surface area contributed by atoms with Gasteiger partial charge in [0.2, 0.25) is 0 Å². The molecular formula is C13H18ClN3OS. The van der Waals surface area contributed by atoms with Crippen molar-refractivity contribution in [2.75, 3.05) is 31.1 Å².